The number of halogens is 1. The Labute approximate surface area is 196 Å². The van der Waals surface area contributed by atoms with Crippen molar-refractivity contribution in [3.8, 4) is 0 Å². The average Bonchev–Trinajstić information content (AvgIpc) is 2.83. The van der Waals surface area contributed by atoms with Crippen LogP contribution in [0.3, 0.4) is 0 Å². The van der Waals surface area contributed by atoms with Crippen LogP contribution in [0.25, 0.3) is 10.9 Å². The minimum Gasteiger partial charge on any atom is -0.378 e. The molecule has 1 saturated heterocycles. The number of aromatic nitrogens is 1. The highest BCUT2D eigenvalue weighted by Gasteiger charge is 2.27. The quantitative estimate of drug-likeness (QED) is 0.590. The molecule has 0 spiro atoms. The molecule has 2 aliphatic rings. The number of morpholine rings is 1. The second-order valence-corrected chi connectivity index (χ2v) is 9.33. The van der Waals surface area contributed by atoms with Gasteiger partial charge in [0.1, 0.15) is 5.82 Å². The van der Waals surface area contributed by atoms with Gasteiger partial charge in [0.15, 0.2) is 0 Å². The Balaban J connectivity index is 1.77. The van der Waals surface area contributed by atoms with Crippen molar-refractivity contribution in [2.45, 2.75) is 11.8 Å². The van der Waals surface area contributed by atoms with Gasteiger partial charge in [0.05, 0.1) is 40.7 Å². The van der Waals surface area contributed by atoms with Gasteiger partial charge in [-0.25, -0.2) is 4.39 Å². The predicted molar refractivity (Wildman–Crippen MR) is 134 cm³/mol. The van der Waals surface area contributed by atoms with E-state index in [0.29, 0.717) is 23.7 Å². The summed E-state index contributed by atoms with van der Waals surface area (Å²) >= 11 is 0.915. The molecule has 5 rings (SSSR count). The van der Waals surface area contributed by atoms with E-state index in [0.717, 1.165) is 71.8 Å². The van der Waals surface area contributed by atoms with Crippen LogP contribution in [0.1, 0.15) is 5.56 Å². The highest BCUT2D eigenvalue weighted by atomic mass is 32.2. The van der Waals surface area contributed by atoms with E-state index in [2.05, 4.69) is 26.8 Å². The molecule has 0 unspecified atom stereocenters. The Morgan fingerprint density at radius 1 is 0.970 bits per heavy atom. The molecule has 0 aliphatic carbocycles. The maximum atomic E-state index is 14.6. The largest absolute Gasteiger partial charge is 0.378 e. The van der Waals surface area contributed by atoms with Crippen LogP contribution in [0.2, 0.25) is 0 Å². The Hall–Kier alpha value is -2.75. The summed E-state index contributed by atoms with van der Waals surface area (Å²) in [5.41, 5.74) is 5.35. The number of ether oxygens (including phenoxy) is 1. The second-order valence-electron chi connectivity index (χ2n) is 8.65. The lowest BCUT2D eigenvalue weighted by molar-refractivity contribution is 0.122. The van der Waals surface area contributed by atoms with Gasteiger partial charge in [0, 0.05) is 63.0 Å². The monoisotopic (exact) mass is 469 g/mol. The van der Waals surface area contributed by atoms with Crippen molar-refractivity contribution in [3.63, 3.8) is 0 Å². The summed E-state index contributed by atoms with van der Waals surface area (Å²) in [5.74, 6) is -0.319. The Morgan fingerprint density at radius 3 is 2.45 bits per heavy atom. The van der Waals surface area contributed by atoms with Gasteiger partial charge in [-0.05, 0) is 43.1 Å². The van der Waals surface area contributed by atoms with Gasteiger partial charge in [-0.2, -0.15) is 0 Å². The highest BCUT2D eigenvalue weighted by Crippen LogP contribution is 2.43. The molecule has 3 heterocycles. The molecule has 9 heteroatoms. The fourth-order valence-electron chi connectivity index (χ4n) is 4.80. The minimum atomic E-state index is -0.319. The van der Waals surface area contributed by atoms with Crippen molar-refractivity contribution >= 4 is 45.6 Å². The third kappa shape index (κ3) is 3.74. The molecule has 2 aliphatic heterocycles. The maximum absolute atomic E-state index is 14.6. The lowest BCUT2D eigenvalue weighted by Crippen LogP contribution is -2.38. The number of anilines is 4. The van der Waals surface area contributed by atoms with Crippen LogP contribution in [0, 0.1) is 12.7 Å². The van der Waals surface area contributed by atoms with Gasteiger partial charge in [0.2, 0.25) is 0 Å². The van der Waals surface area contributed by atoms with Crippen molar-refractivity contribution in [1.82, 2.24) is 4.57 Å². The summed E-state index contributed by atoms with van der Waals surface area (Å²) in [4.78, 5) is 19.8. The fraction of sp³-hybridized carbons (Fsp3) is 0.375. The van der Waals surface area contributed by atoms with Gasteiger partial charge < -0.3 is 24.0 Å². The van der Waals surface area contributed by atoms with Crippen molar-refractivity contribution in [1.29, 1.82) is 0 Å². The molecule has 0 bridgehead atoms. The van der Waals surface area contributed by atoms with E-state index >= 15 is 0 Å². The van der Waals surface area contributed by atoms with E-state index in [9.17, 15) is 9.18 Å². The number of fused-ring (bicyclic) bond motifs is 2. The molecule has 0 atom stereocenters. The minimum absolute atomic E-state index is 0.00440. The first-order valence-corrected chi connectivity index (χ1v) is 11.9. The number of hydrogen-bond acceptors (Lipinski definition) is 7. The van der Waals surface area contributed by atoms with Crippen LogP contribution >= 0.6 is 11.9 Å². The van der Waals surface area contributed by atoms with E-state index in [-0.39, 0.29) is 11.4 Å². The molecule has 7 nitrogen and oxygen atoms in total. The van der Waals surface area contributed by atoms with Gasteiger partial charge in [-0.15, -0.1) is 0 Å². The summed E-state index contributed by atoms with van der Waals surface area (Å²) in [7, 11) is 3.79. The van der Waals surface area contributed by atoms with Gasteiger partial charge in [-0.3, -0.25) is 9.93 Å². The number of hydrogen-bond donors (Lipinski definition) is 1. The van der Waals surface area contributed by atoms with Crippen LogP contribution in [0.15, 0.2) is 40.0 Å². The van der Waals surface area contributed by atoms with Crippen LogP contribution in [0.4, 0.5) is 27.1 Å². The summed E-state index contributed by atoms with van der Waals surface area (Å²) < 4.78 is 21.9. The topological polar surface area (TPSA) is 67.0 Å². The van der Waals surface area contributed by atoms with Crippen molar-refractivity contribution in [2.24, 2.45) is 12.2 Å². The maximum Gasteiger partial charge on any atom is 0.253 e. The van der Waals surface area contributed by atoms with E-state index in [1.165, 1.54) is 0 Å². The third-order valence-corrected chi connectivity index (χ3v) is 7.24. The van der Waals surface area contributed by atoms with E-state index < -0.39 is 0 Å². The average molecular weight is 470 g/mol. The number of nitrogens with two attached hydrogens (primary N) is 1. The Morgan fingerprint density at radius 2 is 1.73 bits per heavy atom. The number of pyridine rings is 1. The second kappa shape index (κ2) is 8.55. The van der Waals surface area contributed by atoms with Gasteiger partial charge >= 0.3 is 0 Å². The number of benzene rings is 2. The van der Waals surface area contributed by atoms with Crippen LogP contribution in [-0.4, -0.2) is 51.0 Å². The first-order valence-electron chi connectivity index (χ1n) is 11.0. The van der Waals surface area contributed by atoms with Crippen LogP contribution in [0.5, 0.6) is 0 Å². The molecule has 0 saturated carbocycles. The van der Waals surface area contributed by atoms with E-state index in [1.54, 1.807) is 10.6 Å². The number of nitrogens with zero attached hydrogens (tertiary/aromatic N) is 4. The molecule has 0 radical (unpaired) electrons. The molecule has 174 valence electrons. The normalized spacial score (nSPS) is 16.5. The number of likely N-dealkylation sites (N-methyl/N-ethyl adjacent to an activating group) is 1. The summed E-state index contributed by atoms with van der Waals surface area (Å²) in [6.45, 7) is 6.26. The van der Waals surface area contributed by atoms with Gasteiger partial charge in [-0.1, -0.05) is 0 Å². The summed E-state index contributed by atoms with van der Waals surface area (Å²) in [6, 6.07) is 9.63. The molecule has 0 amide bonds. The number of rotatable bonds is 3. The molecular weight excluding hydrogens is 441 g/mol. The first kappa shape index (κ1) is 22.1. The van der Waals surface area contributed by atoms with Crippen molar-refractivity contribution in [2.75, 3.05) is 61.1 Å². The molecule has 33 heavy (non-hydrogen) atoms. The fourth-order valence-corrected chi connectivity index (χ4v) is 5.15. The highest BCUT2D eigenvalue weighted by molar-refractivity contribution is 7.97. The molecule has 1 aromatic heterocycles. The molecular formula is C24H28FN5O2S. The number of aryl methyl sites for hydroxylation is 2. The SMILES string of the molecule is Cc1cc2c(N3CCN(C)c4cc(F)c(SN)cc43)cc(N3CCOCC3)cc2n(C)c1=O. The summed E-state index contributed by atoms with van der Waals surface area (Å²) in [5, 5.41) is 6.75. The zero-order valence-electron chi connectivity index (χ0n) is 19.1. The van der Waals surface area contributed by atoms with E-state index in [4.69, 9.17) is 9.88 Å². The molecule has 2 N–H and O–H groups in total. The molecule has 3 aromatic rings. The lowest BCUT2D eigenvalue weighted by Gasteiger charge is -2.38. The van der Waals surface area contributed by atoms with Crippen molar-refractivity contribution < 1.29 is 9.13 Å². The standard InChI is InChI=1S/C24H28FN5O2S/c1-15-10-17-19(28(3)24(15)31)11-16(29-6-8-32-9-7-29)12-20(17)30-5-4-27(2)21-13-18(25)23(33-26)14-22(21)30/h10-14H,4-9,26H2,1-3H3. The lowest BCUT2D eigenvalue weighted by atomic mass is 10.0. The third-order valence-electron chi connectivity index (χ3n) is 6.67. The first-order chi connectivity index (χ1) is 15.9. The van der Waals surface area contributed by atoms with Crippen LogP contribution < -0.4 is 25.4 Å². The molecule has 1 fully saturated rings. The zero-order valence-corrected chi connectivity index (χ0v) is 19.9. The predicted octanol–water partition coefficient (Wildman–Crippen LogP) is 3.38. The van der Waals surface area contributed by atoms with Gasteiger partial charge in [0.25, 0.3) is 5.56 Å². The Kier molecular flexibility index (Phi) is 5.72. The van der Waals surface area contributed by atoms with E-state index in [1.807, 2.05) is 33.2 Å². The summed E-state index contributed by atoms with van der Waals surface area (Å²) in [6.07, 6.45) is 0. The van der Waals surface area contributed by atoms with Crippen LogP contribution in [-0.2, 0) is 11.8 Å². The Bertz CT molecular complexity index is 1290. The molecule has 2 aromatic carbocycles. The zero-order chi connectivity index (χ0) is 23.3. The van der Waals surface area contributed by atoms with Crippen molar-refractivity contribution in [3.05, 3.63) is 52.1 Å². The smallest absolute Gasteiger partial charge is 0.253 e.